The fraction of sp³-hybridized carbons (Fsp3) is 0.375. The van der Waals surface area contributed by atoms with Crippen LogP contribution < -0.4 is 15.0 Å². The Bertz CT molecular complexity index is 1030. The third-order valence-corrected chi connectivity index (χ3v) is 6.70. The summed E-state index contributed by atoms with van der Waals surface area (Å²) in [6.45, 7) is 5.70. The Labute approximate surface area is 186 Å². The standard InChI is InChI=1S/C24H28FN3O2S/c1-30-22-7-3-2-6-20(22)24(29)26-10-4-5-11-27-12-14-28(15-13-27)21-17-31-23-16-18(25)8-9-19(21)23/h2-3,6-9,16-17H,4-5,10-15H2,1H3,(H,26,29). The predicted molar refractivity (Wildman–Crippen MR) is 125 cm³/mol. The van der Waals surface area contributed by atoms with Crippen molar-refractivity contribution in [3.8, 4) is 5.75 Å². The Morgan fingerprint density at radius 1 is 1.13 bits per heavy atom. The minimum Gasteiger partial charge on any atom is -0.496 e. The molecular weight excluding hydrogens is 413 g/mol. The van der Waals surface area contributed by atoms with Crippen LogP contribution in [-0.2, 0) is 0 Å². The number of hydrogen-bond acceptors (Lipinski definition) is 5. The number of thiophene rings is 1. The van der Waals surface area contributed by atoms with Crippen LogP contribution in [0.1, 0.15) is 23.2 Å². The van der Waals surface area contributed by atoms with Gasteiger partial charge in [0.15, 0.2) is 0 Å². The first-order valence-electron chi connectivity index (χ1n) is 10.7. The number of nitrogens with one attached hydrogen (secondary N) is 1. The minimum atomic E-state index is -0.176. The lowest BCUT2D eigenvalue weighted by molar-refractivity contribution is 0.0949. The van der Waals surface area contributed by atoms with Crippen molar-refractivity contribution in [1.82, 2.24) is 10.2 Å². The smallest absolute Gasteiger partial charge is 0.255 e. The van der Waals surface area contributed by atoms with E-state index in [1.165, 1.54) is 5.69 Å². The largest absolute Gasteiger partial charge is 0.496 e. The predicted octanol–water partition coefficient (Wildman–Crippen LogP) is 4.38. The normalized spacial score (nSPS) is 14.7. The average molecular weight is 442 g/mol. The Hall–Kier alpha value is -2.64. The van der Waals surface area contributed by atoms with Crippen molar-refractivity contribution in [1.29, 1.82) is 0 Å². The highest BCUT2D eigenvalue weighted by Gasteiger charge is 2.19. The quantitative estimate of drug-likeness (QED) is 0.527. The first-order chi connectivity index (χ1) is 15.2. The number of carbonyl (C=O) groups is 1. The minimum absolute atomic E-state index is 0.0889. The van der Waals surface area contributed by atoms with E-state index in [1.807, 2.05) is 18.2 Å². The molecule has 0 bridgehead atoms. The number of anilines is 1. The zero-order valence-corrected chi connectivity index (χ0v) is 18.6. The highest BCUT2D eigenvalue weighted by molar-refractivity contribution is 7.17. The number of rotatable bonds is 8. The number of para-hydroxylation sites is 1. The Morgan fingerprint density at radius 2 is 1.94 bits per heavy atom. The molecule has 0 atom stereocenters. The molecule has 1 saturated heterocycles. The fourth-order valence-electron chi connectivity index (χ4n) is 4.04. The molecule has 1 aromatic heterocycles. The van der Waals surface area contributed by atoms with Crippen LogP contribution >= 0.6 is 11.3 Å². The molecule has 0 saturated carbocycles. The van der Waals surface area contributed by atoms with E-state index in [9.17, 15) is 9.18 Å². The van der Waals surface area contributed by atoms with Gasteiger partial charge in [0, 0.05) is 48.2 Å². The summed E-state index contributed by atoms with van der Waals surface area (Å²) in [5, 5.41) is 6.27. The van der Waals surface area contributed by atoms with Gasteiger partial charge in [-0.1, -0.05) is 12.1 Å². The molecule has 1 amide bonds. The van der Waals surface area contributed by atoms with Gasteiger partial charge in [-0.3, -0.25) is 9.69 Å². The SMILES string of the molecule is COc1ccccc1C(=O)NCCCCN1CCN(c2csc3cc(F)ccc23)CC1. The molecule has 0 spiro atoms. The molecule has 0 unspecified atom stereocenters. The summed E-state index contributed by atoms with van der Waals surface area (Å²) in [6.07, 6.45) is 1.99. The van der Waals surface area contributed by atoms with E-state index in [0.717, 1.165) is 55.7 Å². The summed E-state index contributed by atoms with van der Waals surface area (Å²) >= 11 is 1.61. The number of ether oxygens (including phenoxy) is 1. The number of benzene rings is 2. The molecule has 1 N–H and O–H groups in total. The Morgan fingerprint density at radius 3 is 2.74 bits per heavy atom. The number of unbranched alkanes of at least 4 members (excludes halogenated alkanes) is 1. The molecule has 7 heteroatoms. The van der Waals surface area contributed by atoms with E-state index < -0.39 is 0 Å². The third-order valence-electron chi connectivity index (χ3n) is 5.77. The molecule has 0 radical (unpaired) electrons. The molecule has 2 heterocycles. The van der Waals surface area contributed by atoms with Crippen molar-refractivity contribution in [2.24, 2.45) is 0 Å². The van der Waals surface area contributed by atoms with Crippen LogP contribution in [0, 0.1) is 5.82 Å². The van der Waals surface area contributed by atoms with Crippen LogP contribution in [-0.4, -0.2) is 57.2 Å². The van der Waals surface area contributed by atoms with Crippen LogP contribution in [0.25, 0.3) is 10.1 Å². The second-order valence-corrected chi connectivity index (χ2v) is 8.66. The highest BCUT2D eigenvalue weighted by Crippen LogP contribution is 2.34. The van der Waals surface area contributed by atoms with E-state index in [-0.39, 0.29) is 11.7 Å². The van der Waals surface area contributed by atoms with Crippen molar-refractivity contribution in [2.75, 3.05) is 51.3 Å². The zero-order chi connectivity index (χ0) is 21.6. The van der Waals surface area contributed by atoms with Crippen molar-refractivity contribution >= 4 is 33.0 Å². The van der Waals surface area contributed by atoms with E-state index in [1.54, 1.807) is 42.7 Å². The van der Waals surface area contributed by atoms with E-state index in [4.69, 9.17) is 4.74 Å². The molecule has 1 fully saturated rings. The summed E-state index contributed by atoms with van der Waals surface area (Å²) in [5.74, 6) is 0.333. The van der Waals surface area contributed by atoms with Crippen LogP contribution in [0.5, 0.6) is 5.75 Å². The van der Waals surface area contributed by atoms with Crippen LogP contribution in [0.2, 0.25) is 0 Å². The van der Waals surface area contributed by atoms with E-state index in [2.05, 4.69) is 20.5 Å². The number of amides is 1. The molecular formula is C24H28FN3O2S. The number of halogens is 1. The van der Waals surface area contributed by atoms with Crippen LogP contribution in [0.4, 0.5) is 10.1 Å². The Kier molecular flexibility index (Phi) is 7.04. The molecule has 4 rings (SSSR count). The van der Waals surface area contributed by atoms with Crippen molar-refractivity contribution in [3.05, 3.63) is 59.2 Å². The maximum Gasteiger partial charge on any atom is 0.255 e. The fourth-order valence-corrected chi connectivity index (χ4v) is 5.03. The average Bonchev–Trinajstić information content (AvgIpc) is 3.22. The molecule has 0 aliphatic carbocycles. The van der Waals surface area contributed by atoms with Gasteiger partial charge in [0.25, 0.3) is 5.91 Å². The van der Waals surface area contributed by atoms with Crippen molar-refractivity contribution in [3.63, 3.8) is 0 Å². The number of fused-ring (bicyclic) bond motifs is 1. The van der Waals surface area contributed by atoms with Gasteiger partial charge in [0.1, 0.15) is 11.6 Å². The second kappa shape index (κ2) is 10.1. The molecule has 1 aliphatic rings. The van der Waals surface area contributed by atoms with E-state index >= 15 is 0 Å². The van der Waals surface area contributed by atoms with Gasteiger partial charge in [-0.05, 0) is 49.7 Å². The molecule has 2 aromatic carbocycles. The van der Waals surface area contributed by atoms with Gasteiger partial charge >= 0.3 is 0 Å². The summed E-state index contributed by atoms with van der Waals surface area (Å²) < 4.78 is 19.7. The van der Waals surface area contributed by atoms with Crippen LogP contribution in [0.3, 0.4) is 0 Å². The lowest BCUT2D eigenvalue weighted by Crippen LogP contribution is -2.46. The highest BCUT2D eigenvalue weighted by atomic mass is 32.1. The number of methoxy groups -OCH3 is 1. The number of piperazine rings is 1. The van der Waals surface area contributed by atoms with Gasteiger partial charge < -0.3 is 15.0 Å². The number of hydrogen-bond donors (Lipinski definition) is 1. The monoisotopic (exact) mass is 441 g/mol. The summed E-state index contributed by atoms with van der Waals surface area (Å²) in [4.78, 5) is 17.2. The van der Waals surface area contributed by atoms with Gasteiger partial charge in [-0.15, -0.1) is 11.3 Å². The Balaban J connectivity index is 1.17. The van der Waals surface area contributed by atoms with Gasteiger partial charge in [-0.2, -0.15) is 0 Å². The topological polar surface area (TPSA) is 44.8 Å². The summed E-state index contributed by atoms with van der Waals surface area (Å²) in [7, 11) is 1.58. The lowest BCUT2D eigenvalue weighted by Gasteiger charge is -2.35. The number of nitrogens with zero attached hydrogens (tertiary/aromatic N) is 2. The second-order valence-electron chi connectivity index (χ2n) is 7.75. The van der Waals surface area contributed by atoms with Crippen LogP contribution in [0.15, 0.2) is 47.8 Å². The van der Waals surface area contributed by atoms with Crippen molar-refractivity contribution < 1.29 is 13.9 Å². The maximum absolute atomic E-state index is 13.4. The first kappa shape index (κ1) is 21.6. The molecule has 31 heavy (non-hydrogen) atoms. The zero-order valence-electron chi connectivity index (χ0n) is 17.8. The number of carbonyl (C=O) groups excluding carboxylic acids is 1. The molecule has 164 valence electrons. The molecule has 1 aliphatic heterocycles. The first-order valence-corrected chi connectivity index (χ1v) is 11.6. The maximum atomic E-state index is 13.4. The summed E-state index contributed by atoms with van der Waals surface area (Å²) in [6, 6.07) is 12.3. The van der Waals surface area contributed by atoms with Gasteiger partial charge in [0.05, 0.1) is 18.4 Å². The van der Waals surface area contributed by atoms with Crippen molar-refractivity contribution in [2.45, 2.75) is 12.8 Å². The van der Waals surface area contributed by atoms with Gasteiger partial charge in [-0.25, -0.2) is 4.39 Å². The summed E-state index contributed by atoms with van der Waals surface area (Å²) in [5.41, 5.74) is 1.79. The van der Waals surface area contributed by atoms with Gasteiger partial charge in [0.2, 0.25) is 0 Å². The molecule has 3 aromatic rings. The van der Waals surface area contributed by atoms with E-state index in [0.29, 0.717) is 17.9 Å². The third kappa shape index (κ3) is 5.17. The lowest BCUT2D eigenvalue weighted by atomic mass is 10.2. The molecule has 5 nitrogen and oxygen atoms in total.